The van der Waals surface area contributed by atoms with E-state index in [1.807, 2.05) is 0 Å². The molecule has 0 fully saturated rings. The molecule has 0 unspecified atom stereocenters. The Morgan fingerprint density at radius 1 is 1.52 bits per heavy atom. The molecule has 7 heteroatoms. The molecule has 2 aromatic rings. The van der Waals surface area contributed by atoms with Gasteiger partial charge in [-0.3, -0.25) is 0 Å². The van der Waals surface area contributed by atoms with E-state index in [2.05, 4.69) is 15.7 Å². The Bertz CT molecular complexity index is 601. The molecule has 1 heterocycles. The minimum Gasteiger partial charge on any atom is -0.396 e. The van der Waals surface area contributed by atoms with E-state index in [0.717, 1.165) is 0 Å². The molecule has 6 nitrogen and oxygen atoms in total. The highest BCUT2D eigenvalue weighted by Gasteiger charge is 2.11. The van der Waals surface area contributed by atoms with Gasteiger partial charge < -0.3 is 15.7 Å². The zero-order valence-corrected chi connectivity index (χ0v) is 11.6. The summed E-state index contributed by atoms with van der Waals surface area (Å²) < 4.78 is 14.9. The molecule has 0 radical (unpaired) electrons. The summed E-state index contributed by atoms with van der Waals surface area (Å²) >= 11 is 0. The fourth-order valence-electron chi connectivity index (χ4n) is 1.87. The number of urea groups is 1. The number of aliphatic hydroxyl groups excluding tert-OH is 1. The molecule has 0 aliphatic carbocycles. The van der Waals surface area contributed by atoms with Gasteiger partial charge in [-0.2, -0.15) is 5.10 Å². The number of amides is 2. The largest absolute Gasteiger partial charge is 0.396 e. The van der Waals surface area contributed by atoms with E-state index in [4.69, 9.17) is 5.11 Å². The fourth-order valence-corrected chi connectivity index (χ4v) is 1.87. The Hall–Kier alpha value is -2.41. The lowest BCUT2D eigenvalue weighted by Gasteiger charge is -2.15. The number of benzene rings is 1. The van der Waals surface area contributed by atoms with Gasteiger partial charge in [-0.15, -0.1) is 0 Å². The van der Waals surface area contributed by atoms with Crippen molar-refractivity contribution >= 4 is 11.7 Å². The van der Waals surface area contributed by atoms with Crippen molar-refractivity contribution in [2.75, 3.05) is 11.9 Å². The number of halogens is 1. The van der Waals surface area contributed by atoms with E-state index < -0.39 is 11.8 Å². The molecular weight excluding hydrogens is 275 g/mol. The van der Waals surface area contributed by atoms with Crippen LogP contribution < -0.4 is 10.6 Å². The number of nitrogens with one attached hydrogen (secondary N) is 2. The molecule has 0 saturated heterocycles. The van der Waals surface area contributed by atoms with Crippen LogP contribution in [-0.4, -0.2) is 33.6 Å². The number of nitrogens with zero attached hydrogens (tertiary/aromatic N) is 2. The third-order valence-electron chi connectivity index (χ3n) is 2.90. The second-order valence-corrected chi connectivity index (χ2v) is 4.62. The van der Waals surface area contributed by atoms with E-state index in [0.29, 0.717) is 17.8 Å². The molecule has 112 valence electrons. The average Bonchev–Trinajstić information content (AvgIpc) is 2.92. The van der Waals surface area contributed by atoms with Crippen LogP contribution in [0.25, 0.3) is 5.69 Å². The van der Waals surface area contributed by atoms with Crippen LogP contribution >= 0.6 is 0 Å². The first-order valence-electron chi connectivity index (χ1n) is 6.58. The van der Waals surface area contributed by atoms with Gasteiger partial charge in [0.2, 0.25) is 0 Å². The van der Waals surface area contributed by atoms with Gasteiger partial charge in [0.05, 0.1) is 11.4 Å². The third-order valence-corrected chi connectivity index (χ3v) is 2.90. The SMILES string of the molecule is C[C@H](CCO)NC(=O)Nc1cc(F)ccc1-n1cccn1. The fraction of sp³-hybridized carbons (Fsp3) is 0.286. The van der Waals surface area contributed by atoms with Gasteiger partial charge in [-0.1, -0.05) is 0 Å². The van der Waals surface area contributed by atoms with Crippen molar-refractivity contribution in [2.24, 2.45) is 0 Å². The molecule has 0 saturated carbocycles. The van der Waals surface area contributed by atoms with Crippen molar-refractivity contribution in [3.63, 3.8) is 0 Å². The number of aromatic nitrogens is 2. The monoisotopic (exact) mass is 292 g/mol. The van der Waals surface area contributed by atoms with E-state index in [1.54, 1.807) is 25.4 Å². The summed E-state index contributed by atoms with van der Waals surface area (Å²) in [6.45, 7) is 1.76. The van der Waals surface area contributed by atoms with E-state index in [-0.39, 0.29) is 12.6 Å². The van der Waals surface area contributed by atoms with Gasteiger partial charge in [-0.25, -0.2) is 13.9 Å². The Kier molecular flexibility index (Phi) is 4.89. The third kappa shape index (κ3) is 4.03. The van der Waals surface area contributed by atoms with Crippen LogP contribution in [0.5, 0.6) is 0 Å². The summed E-state index contributed by atoms with van der Waals surface area (Å²) in [5.41, 5.74) is 0.874. The minimum atomic E-state index is -0.463. The highest BCUT2D eigenvalue weighted by atomic mass is 19.1. The maximum absolute atomic E-state index is 13.4. The first kappa shape index (κ1) is 15.0. The number of rotatable bonds is 5. The first-order valence-corrected chi connectivity index (χ1v) is 6.58. The Morgan fingerprint density at radius 2 is 2.33 bits per heavy atom. The summed E-state index contributed by atoms with van der Waals surface area (Å²) in [5.74, 6) is -0.454. The topological polar surface area (TPSA) is 79.2 Å². The molecule has 0 spiro atoms. The number of hydrogen-bond acceptors (Lipinski definition) is 3. The van der Waals surface area contributed by atoms with Crippen LogP contribution in [0.2, 0.25) is 0 Å². The van der Waals surface area contributed by atoms with Crippen LogP contribution in [0.15, 0.2) is 36.7 Å². The molecule has 3 N–H and O–H groups in total. The normalized spacial score (nSPS) is 12.0. The van der Waals surface area contributed by atoms with Crippen molar-refractivity contribution in [2.45, 2.75) is 19.4 Å². The van der Waals surface area contributed by atoms with Crippen LogP contribution in [0, 0.1) is 5.82 Å². The molecule has 2 amide bonds. The summed E-state index contributed by atoms with van der Waals surface area (Å²) in [6.07, 6.45) is 3.74. The summed E-state index contributed by atoms with van der Waals surface area (Å²) in [6, 6.07) is 5.15. The van der Waals surface area contributed by atoms with Gasteiger partial charge in [0.25, 0.3) is 0 Å². The Morgan fingerprint density at radius 3 is 3.00 bits per heavy atom. The number of aliphatic hydroxyl groups is 1. The Balaban J connectivity index is 2.15. The predicted octanol–water partition coefficient (Wildman–Crippen LogP) is 1.90. The quantitative estimate of drug-likeness (QED) is 0.787. The van der Waals surface area contributed by atoms with Crippen molar-refractivity contribution in [3.8, 4) is 5.69 Å². The molecule has 1 atom stereocenters. The maximum atomic E-state index is 13.4. The van der Waals surface area contributed by atoms with Crippen LogP contribution in [-0.2, 0) is 0 Å². The van der Waals surface area contributed by atoms with Crippen LogP contribution in [0.1, 0.15) is 13.3 Å². The predicted molar refractivity (Wildman–Crippen MR) is 76.8 cm³/mol. The average molecular weight is 292 g/mol. The van der Waals surface area contributed by atoms with Crippen LogP contribution in [0.4, 0.5) is 14.9 Å². The zero-order valence-electron chi connectivity index (χ0n) is 11.6. The second-order valence-electron chi connectivity index (χ2n) is 4.62. The Labute approximate surface area is 121 Å². The lowest BCUT2D eigenvalue weighted by molar-refractivity contribution is 0.241. The van der Waals surface area contributed by atoms with Gasteiger partial charge >= 0.3 is 6.03 Å². The molecule has 1 aromatic carbocycles. The van der Waals surface area contributed by atoms with E-state index in [9.17, 15) is 9.18 Å². The first-order chi connectivity index (χ1) is 10.1. The summed E-state index contributed by atoms with van der Waals surface area (Å²) in [7, 11) is 0. The molecule has 1 aromatic heterocycles. The number of anilines is 1. The zero-order chi connectivity index (χ0) is 15.2. The summed E-state index contributed by atoms with van der Waals surface area (Å²) in [5, 5.41) is 18.1. The van der Waals surface area contributed by atoms with Gasteiger partial charge in [0, 0.05) is 25.0 Å². The lowest BCUT2D eigenvalue weighted by Crippen LogP contribution is -2.36. The highest BCUT2D eigenvalue weighted by Crippen LogP contribution is 2.20. The van der Waals surface area contributed by atoms with Crippen molar-refractivity contribution < 1.29 is 14.3 Å². The molecule has 21 heavy (non-hydrogen) atoms. The molecule has 0 bridgehead atoms. The number of carbonyl (C=O) groups excluding carboxylic acids is 1. The van der Waals surface area contributed by atoms with Crippen molar-refractivity contribution in [1.82, 2.24) is 15.1 Å². The minimum absolute atomic E-state index is 0.0139. The van der Waals surface area contributed by atoms with Gasteiger partial charge in [0.1, 0.15) is 5.82 Å². The smallest absolute Gasteiger partial charge is 0.319 e. The van der Waals surface area contributed by atoms with E-state index in [1.165, 1.54) is 22.9 Å². The van der Waals surface area contributed by atoms with Crippen molar-refractivity contribution in [3.05, 3.63) is 42.5 Å². The van der Waals surface area contributed by atoms with Gasteiger partial charge in [0.15, 0.2) is 0 Å². The van der Waals surface area contributed by atoms with Crippen molar-refractivity contribution in [1.29, 1.82) is 0 Å². The van der Waals surface area contributed by atoms with Crippen LogP contribution in [0.3, 0.4) is 0 Å². The number of carbonyl (C=O) groups is 1. The molecule has 0 aliphatic heterocycles. The van der Waals surface area contributed by atoms with E-state index >= 15 is 0 Å². The lowest BCUT2D eigenvalue weighted by atomic mass is 10.2. The number of hydrogen-bond donors (Lipinski definition) is 3. The molecule has 0 aliphatic rings. The molecular formula is C14H17FN4O2. The standard InChI is InChI=1S/C14H17FN4O2/c1-10(5-8-20)17-14(21)18-12-9-11(15)3-4-13(12)19-7-2-6-16-19/h2-4,6-7,9-10,20H,5,8H2,1H3,(H2,17,18,21)/t10-/m1/s1. The summed E-state index contributed by atoms with van der Waals surface area (Å²) in [4.78, 5) is 11.9. The second kappa shape index (κ2) is 6.85. The highest BCUT2D eigenvalue weighted by molar-refractivity contribution is 5.91. The maximum Gasteiger partial charge on any atom is 0.319 e. The molecule has 2 rings (SSSR count). The van der Waals surface area contributed by atoms with Gasteiger partial charge in [-0.05, 0) is 37.6 Å².